The maximum absolute atomic E-state index is 13.2. The molecule has 0 aromatic heterocycles. The predicted molar refractivity (Wildman–Crippen MR) is 54.0 cm³/mol. The van der Waals surface area contributed by atoms with Crippen molar-refractivity contribution in [2.75, 3.05) is 0 Å². The maximum Gasteiger partial charge on any atom is 0.460 e. The van der Waals surface area contributed by atoms with Gasteiger partial charge in [0.1, 0.15) is 6.10 Å². The average Bonchev–Trinajstić information content (AvgIpc) is 2.43. The van der Waals surface area contributed by atoms with Gasteiger partial charge in [-0.3, -0.25) is 4.79 Å². The zero-order chi connectivity index (χ0) is 23.4. The van der Waals surface area contributed by atoms with Crippen LogP contribution in [0.3, 0.4) is 0 Å². The first-order valence-electron chi connectivity index (χ1n) is 6.07. The lowest BCUT2D eigenvalue weighted by Gasteiger charge is -2.42. The minimum Gasteiger partial charge on any atom is -0.481 e. The molecule has 0 bridgehead atoms. The first-order valence-corrected chi connectivity index (χ1v) is 6.07. The number of aliphatic carboxylic acids is 1. The van der Waals surface area contributed by atoms with E-state index in [0.29, 0.717) is 0 Å². The molecule has 0 radical (unpaired) electrons. The molecule has 0 amide bonds. The van der Waals surface area contributed by atoms with Crippen LogP contribution in [-0.4, -0.2) is 64.0 Å². The Hall–Kier alpha value is -1.62. The van der Waals surface area contributed by atoms with Crippen molar-refractivity contribution in [2.45, 2.75) is 54.2 Å². The second-order valence-corrected chi connectivity index (χ2v) is 5.11. The molecule has 28 heavy (non-hydrogen) atoms. The number of hydrogen-bond donors (Lipinski definition) is 2. The van der Waals surface area contributed by atoms with Crippen molar-refractivity contribution in [1.82, 2.24) is 0 Å². The quantitative estimate of drug-likeness (QED) is 0.537. The summed E-state index contributed by atoms with van der Waals surface area (Å²) in [5.74, 6) is -50.9. The number of halogens is 15. The van der Waals surface area contributed by atoms with E-state index in [2.05, 4.69) is 0 Å². The van der Waals surface area contributed by atoms with Crippen LogP contribution in [0, 0.1) is 0 Å². The molecule has 0 aromatic carbocycles. The van der Waals surface area contributed by atoms with E-state index in [9.17, 15) is 70.7 Å². The van der Waals surface area contributed by atoms with Gasteiger partial charge in [-0.25, -0.2) is 0 Å². The highest BCUT2D eigenvalue weighted by Crippen LogP contribution is 2.62. The molecule has 0 rings (SSSR count). The second kappa shape index (κ2) is 6.72. The van der Waals surface area contributed by atoms with Crippen LogP contribution in [0.25, 0.3) is 0 Å². The smallest absolute Gasteiger partial charge is 0.460 e. The fraction of sp³-hybridized carbons (Fsp3) is 0.900. The molecule has 18 heteroatoms. The summed E-state index contributed by atoms with van der Waals surface area (Å²) in [6, 6.07) is 0. The molecular formula is C10H5F15O3. The Balaban J connectivity index is 6.51. The van der Waals surface area contributed by atoms with Crippen LogP contribution in [0.4, 0.5) is 65.9 Å². The molecule has 2 N–H and O–H groups in total. The van der Waals surface area contributed by atoms with Crippen LogP contribution in [-0.2, 0) is 4.79 Å². The van der Waals surface area contributed by atoms with E-state index in [1.54, 1.807) is 0 Å². The molecule has 1 unspecified atom stereocenters. The molecule has 3 nitrogen and oxygen atoms in total. The summed E-state index contributed by atoms with van der Waals surface area (Å²) in [6.07, 6.45) is -14.7. The van der Waals surface area contributed by atoms with Gasteiger partial charge in [0, 0.05) is 0 Å². The number of carboxylic acid groups (broad SMARTS) is 1. The predicted octanol–water partition coefficient (Wildman–Crippen LogP) is 4.20. The van der Waals surface area contributed by atoms with Crippen LogP contribution < -0.4 is 0 Å². The molecule has 0 fully saturated rings. The van der Waals surface area contributed by atoms with Gasteiger partial charge < -0.3 is 10.2 Å². The number of hydrogen-bond acceptors (Lipinski definition) is 2. The van der Waals surface area contributed by atoms with Crippen molar-refractivity contribution in [2.24, 2.45) is 0 Å². The Bertz CT molecular complexity index is 593. The lowest BCUT2D eigenvalue weighted by atomic mass is 9.89. The van der Waals surface area contributed by atoms with E-state index < -0.39 is 60.2 Å². The van der Waals surface area contributed by atoms with Gasteiger partial charge in [-0.1, -0.05) is 0 Å². The maximum atomic E-state index is 13.2. The van der Waals surface area contributed by atoms with Crippen LogP contribution in [0.5, 0.6) is 0 Å². The summed E-state index contributed by atoms with van der Waals surface area (Å²) in [6.45, 7) is 0. The van der Waals surface area contributed by atoms with Crippen LogP contribution in [0.1, 0.15) is 6.42 Å². The third-order valence-electron chi connectivity index (χ3n) is 3.14. The molecule has 0 saturated carbocycles. The highest BCUT2D eigenvalue weighted by molar-refractivity contribution is 5.67. The van der Waals surface area contributed by atoms with E-state index >= 15 is 0 Å². The number of carboxylic acids is 1. The molecular weight excluding hydrogens is 453 g/mol. The van der Waals surface area contributed by atoms with Gasteiger partial charge in [-0.05, 0) is 0 Å². The summed E-state index contributed by atoms with van der Waals surface area (Å²) in [7, 11) is 0. The lowest BCUT2D eigenvalue weighted by molar-refractivity contribution is -0.455. The molecule has 0 aliphatic heterocycles. The van der Waals surface area contributed by atoms with Crippen molar-refractivity contribution in [1.29, 1.82) is 0 Å². The molecule has 0 heterocycles. The Morgan fingerprint density at radius 1 is 0.607 bits per heavy atom. The zero-order valence-electron chi connectivity index (χ0n) is 12.3. The van der Waals surface area contributed by atoms with Gasteiger partial charge in [0.05, 0.1) is 6.42 Å². The van der Waals surface area contributed by atoms with Crippen molar-refractivity contribution in [3.63, 3.8) is 0 Å². The Labute approximate surface area is 142 Å². The summed E-state index contributed by atoms with van der Waals surface area (Å²) in [4.78, 5) is 10.0. The second-order valence-electron chi connectivity index (χ2n) is 5.11. The fourth-order valence-corrected chi connectivity index (χ4v) is 1.48. The van der Waals surface area contributed by atoms with Gasteiger partial charge in [-0.15, -0.1) is 0 Å². The lowest BCUT2D eigenvalue weighted by Crippen LogP contribution is -2.73. The fourth-order valence-electron chi connectivity index (χ4n) is 1.48. The largest absolute Gasteiger partial charge is 0.481 e. The van der Waals surface area contributed by atoms with Crippen molar-refractivity contribution in [3.05, 3.63) is 0 Å². The summed E-state index contributed by atoms with van der Waals surface area (Å²) in [5.41, 5.74) is 0. The first kappa shape index (κ1) is 26.4. The third kappa shape index (κ3) is 3.42. The Morgan fingerprint density at radius 3 is 1.18 bits per heavy atom. The van der Waals surface area contributed by atoms with Gasteiger partial charge in [0.2, 0.25) is 0 Å². The van der Waals surface area contributed by atoms with E-state index in [1.165, 1.54) is 0 Å². The van der Waals surface area contributed by atoms with Crippen LogP contribution in [0.15, 0.2) is 0 Å². The standard InChI is InChI=1S/C10H5F15O3/c11-4(12,2(26)1-3(27)28)5(13,14)6(15,16)7(17,18)8(19,20)9(21,22)10(23,24)25/h2,26H,1H2,(H,27,28). The number of aliphatic hydroxyl groups is 1. The highest BCUT2D eigenvalue weighted by atomic mass is 19.4. The minimum absolute atomic E-state index is 2.56. The van der Waals surface area contributed by atoms with E-state index in [4.69, 9.17) is 10.2 Å². The van der Waals surface area contributed by atoms with Gasteiger partial charge in [0.15, 0.2) is 0 Å². The Morgan fingerprint density at radius 2 is 0.893 bits per heavy atom. The SMILES string of the molecule is O=C(O)CC(O)C(F)(F)C(F)(F)C(F)(F)C(F)(F)C(F)(F)C(F)(F)C(F)(F)F. The molecule has 1 atom stereocenters. The van der Waals surface area contributed by atoms with E-state index in [0.717, 1.165) is 0 Å². The summed E-state index contributed by atoms with van der Waals surface area (Å²) >= 11 is 0. The number of aliphatic hydroxyl groups excluding tert-OH is 1. The minimum atomic E-state index is -8.48. The zero-order valence-corrected chi connectivity index (χ0v) is 12.3. The van der Waals surface area contributed by atoms with Gasteiger partial charge >= 0.3 is 47.7 Å². The van der Waals surface area contributed by atoms with Crippen LogP contribution >= 0.6 is 0 Å². The van der Waals surface area contributed by atoms with E-state index in [1.807, 2.05) is 0 Å². The monoisotopic (exact) mass is 458 g/mol. The molecule has 168 valence electrons. The third-order valence-corrected chi connectivity index (χ3v) is 3.14. The molecule has 0 spiro atoms. The van der Waals surface area contributed by atoms with Gasteiger partial charge in [-0.2, -0.15) is 65.9 Å². The van der Waals surface area contributed by atoms with Crippen molar-refractivity contribution in [3.8, 4) is 0 Å². The summed E-state index contributed by atoms with van der Waals surface area (Å²) < 4.78 is 191. The molecule has 0 aliphatic rings. The number of carbonyl (C=O) groups is 1. The number of rotatable bonds is 8. The molecule has 0 aliphatic carbocycles. The number of alkyl halides is 15. The van der Waals surface area contributed by atoms with E-state index in [-0.39, 0.29) is 0 Å². The Kier molecular flexibility index (Phi) is 6.33. The average molecular weight is 458 g/mol. The molecule has 0 saturated heterocycles. The highest BCUT2D eigenvalue weighted by Gasteiger charge is 2.93. The normalized spacial score (nSPS) is 16.9. The van der Waals surface area contributed by atoms with Crippen LogP contribution in [0.2, 0.25) is 0 Å². The van der Waals surface area contributed by atoms with Gasteiger partial charge in [0.25, 0.3) is 0 Å². The van der Waals surface area contributed by atoms with Crippen molar-refractivity contribution >= 4 is 5.97 Å². The first-order chi connectivity index (χ1) is 11.8. The topological polar surface area (TPSA) is 57.5 Å². The van der Waals surface area contributed by atoms with Crippen molar-refractivity contribution < 1.29 is 80.9 Å². The summed E-state index contributed by atoms with van der Waals surface area (Å²) in [5, 5.41) is 16.5. The molecule has 0 aromatic rings.